The van der Waals surface area contributed by atoms with Crippen LogP contribution >= 0.6 is 17.2 Å². The summed E-state index contributed by atoms with van der Waals surface area (Å²) in [5.41, 5.74) is 4.06. The van der Waals surface area contributed by atoms with E-state index in [-0.39, 0.29) is 0 Å². The molecule has 0 aliphatic carbocycles. The summed E-state index contributed by atoms with van der Waals surface area (Å²) in [6, 6.07) is 25.5. The predicted molar refractivity (Wildman–Crippen MR) is 114 cm³/mol. The molecule has 0 saturated heterocycles. The standard InChI is InChI=1S/C22H24OP2/c1-17-9-8-12-19(16-24-2)22(17)25-21-14-7-6-13-20(21)23-15-18-10-4-3-5-11-18/h3-14,24-25H,15-16H2,1-2H3. The summed E-state index contributed by atoms with van der Waals surface area (Å²) in [5.74, 6) is 0.998. The average Bonchev–Trinajstić information content (AvgIpc) is 2.65. The molecule has 0 N–H and O–H groups in total. The van der Waals surface area contributed by atoms with Crippen molar-refractivity contribution in [3.8, 4) is 5.75 Å². The van der Waals surface area contributed by atoms with Crippen molar-refractivity contribution in [2.24, 2.45) is 0 Å². The van der Waals surface area contributed by atoms with Gasteiger partial charge in [-0.1, -0.05) is 75.3 Å². The Kier molecular flexibility index (Phi) is 6.62. The second-order valence-electron chi connectivity index (χ2n) is 6.03. The zero-order valence-electron chi connectivity index (χ0n) is 14.8. The summed E-state index contributed by atoms with van der Waals surface area (Å²) in [5, 5.41) is 2.76. The molecule has 3 heteroatoms. The zero-order valence-corrected chi connectivity index (χ0v) is 16.8. The fourth-order valence-corrected chi connectivity index (χ4v) is 5.00. The lowest BCUT2D eigenvalue weighted by Crippen LogP contribution is -2.13. The largest absolute Gasteiger partial charge is 0.488 e. The van der Waals surface area contributed by atoms with Gasteiger partial charge < -0.3 is 4.74 Å². The molecule has 0 heterocycles. The van der Waals surface area contributed by atoms with Crippen molar-refractivity contribution in [1.82, 2.24) is 0 Å². The highest BCUT2D eigenvalue weighted by Crippen LogP contribution is 2.25. The Morgan fingerprint density at radius 3 is 2.40 bits per heavy atom. The minimum absolute atomic E-state index is 0.610. The van der Waals surface area contributed by atoms with Crippen LogP contribution in [0.25, 0.3) is 0 Å². The molecule has 0 fully saturated rings. The monoisotopic (exact) mass is 366 g/mol. The molecule has 3 aromatic rings. The SMILES string of the molecule is CPCc1cccc(C)c1Pc1ccccc1OCc1ccccc1. The van der Waals surface area contributed by atoms with E-state index in [2.05, 4.69) is 80.3 Å². The van der Waals surface area contributed by atoms with Crippen LogP contribution in [0.3, 0.4) is 0 Å². The Hall–Kier alpha value is -1.68. The molecule has 25 heavy (non-hydrogen) atoms. The number of para-hydroxylation sites is 1. The lowest BCUT2D eigenvalue weighted by atomic mass is 10.2. The Morgan fingerprint density at radius 1 is 0.840 bits per heavy atom. The minimum Gasteiger partial charge on any atom is -0.488 e. The van der Waals surface area contributed by atoms with Crippen molar-refractivity contribution in [3.05, 3.63) is 89.5 Å². The minimum atomic E-state index is 0.610. The molecule has 0 bridgehead atoms. The number of hydrogen-bond acceptors (Lipinski definition) is 1. The maximum absolute atomic E-state index is 6.14. The van der Waals surface area contributed by atoms with Gasteiger partial charge >= 0.3 is 0 Å². The van der Waals surface area contributed by atoms with Crippen LogP contribution in [0.1, 0.15) is 16.7 Å². The molecular weight excluding hydrogens is 342 g/mol. The molecule has 2 atom stereocenters. The van der Waals surface area contributed by atoms with E-state index in [1.165, 1.54) is 27.3 Å². The summed E-state index contributed by atoms with van der Waals surface area (Å²) < 4.78 is 6.14. The Labute approximate surface area is 154 Å². The molecule has 2 unspecified atom stereocenters. The summed E-state index contributed by atoms with van der Waals surface area (Å²) in [6.45, 7) is 5.10. The molecule has 3 aromatic carbocycles. The summed E-state index contributed by atoms with van der Waals surface area (Å²) >= 11 is 0. The van der Waals surface area contributed by atoms with E-state index in [0.29, 0.717) is 15.2 Å². The number of hydrogen-bond donors (Lipinski definition) is 0. The van der Waals surface area contributed by atoms with Crippen LogP contribution < -0.4 is 15.3 Å². The van der Waals surface area contributed by atoms with E-state index in [9.17, 15) is 0 Å². The zero-order chi connectivity index (χ0) is 17.5. The van der Waals surface area contributed by atoms with E-state index < -0.39 is 0 Å². The predicted octanol–water partition coefficient (Wildman–Crippen LogP) is 5.01. The molecule has 0 aliphatic rings. The molecule has 0 spiro atoms. The lowest BCUT2D eigenvalue weighted by Gasteiger charge is -2.15. The highest BCUT2D eigenvalue weighted by Gasteiger charge is 2.10. The first kappa shape index (κ1) is 18.1. The van der Waals surface area contributed by atoms with Gasteiger partial charge in [0, 0.05) is 5.30 Å². The van der Waals surface area contributed by atoms with Crippen molar-refractivity contribution in [2.75, 3.05) is 6.66 Å². The van der Waals surface area contributed by atoms with Gasteiger partial charge in [-0.2, -0.15) is 0 Å². The number of benzene rings is 3. The van der Waals surface area contributed by atoms with Crippen LogP contribution in [0.5, 0.6) is 5.75 Å². The third kappa shape index (κ3) is 4.91. The molecule has 1 nitrogen and oxygen atoms in total. The molecule has 3 rings (SSSR count). The van der Waals surface area contributed by atoms with Gasteiger partial charge in [0.05, 0.1) is 0 Å². The third-order valence-corrected chi connectivity index (χ3v) is 6.49. The van der Waals surface area contributed by atoms with Crippen LogP contribution in [0, 0.1) is 6.92 Å². The van der Waals surface area contributed by atoms with Gasteiger partial charge in [0.25, 0.3) is 0 Å². The summed E-state index contributed by atoms with van der Waals surface area (Å²) in [6.07, 6.45) is 1.16. The maximum atomic E-state index is 6.14. The Morgan fingerprint density at radius 2 is 1.60 bits per heavy atom. The fourth-order valence-electron chi connectivity index (χ4n) is 2.81. The van der Waals surface area contributed by atoms with Crippen LogP contribution in [0.4, 0.5) is 0 Å². The van der Waals surface area contributed by atoms with E-state index in [1.54, 1.807) is 0 Å². The van der Waals surface area contributed by atoms with Crippen molar-refractivity contribution < 1.29 is 4.74 Å². The second kappa shape index (κ2) is 9.14. The van der Waals surface area contributed by atoms with Crippen molar-refractivity contribution in [2.45, 2.75) is 19.7 Å². The van der Waals surface area contributed by atoms with Gasteiger partial charge in [0.2, 0.25) is 0 Å². The average molecular weight is 366 g/mol. The van der Waals surface area contributed by atoms with Crippen molar-refractivity contribution in [1.29, 1.82) is 0 Å². The number of aryl methyl sites for hydroxylation is 1. The normalized spacial score (nSPS) is 11.6. The Bertz CT molecular complexity index is 815. The van der Waals surface area contributed by atoms with Crippen LogP contribution in [0.2, 0.25) is 0 Å². The van der Waals surface area contributed by atoms with E-state index in [1.807, 2.05) is 6.07 Å². The van der Waals surface area contributed by atoms with Crippen LogP contribution in [0.15, 0.2) is 72.8 Å². The van der Waals surface area contributed by atoms with Crippen LogP contribution in [-0.4, -0.2) is 6.66 Å². The highest BCUT2D eigenvalue weighted by molar-refractivity contribution is 7.56. The number of rotatable bonds is 7. The third-order valence-electron chi connectivity index (χ3n) is 4.11. The molecule has 0 saturated carbocycles. The van der Waals surface area contributed by atoms with E-state index in [4.69, 9.17) is 4.74 Å². The first-order valence-corrected chi connectivity index (χ1v) is 11.2. The molecule has 0 amide bonds. The quantitative estimate of drug-likeness (QED) is 0.534. The van der Waals surface area contributed by atoms with Gasteiger partial charge in [0.1, 0.15) is 12.4 Å². The summed E-state index contributed by atoms with van der Waals surface area (Å²) in [4.78, 5) is 0. The first-order valence-electron chi connectivity index (χ1n) is 8.54. The van der Waals surface area contributed by atoms with E-state index in [0.717, 1.165) is 20.5 Å². The highest BCUT2D eigenvalue weighted by atomic mass is 31.1. The van der Waals surface area contributed by atoms with Gasteiger partial charge in [-0.15, -0.1) is 8.58 Å². The molecular formula is C22H24OP2. The second-order valence-corrected chi connectivity index (χ2v) is 8.38. The molecule has 0 aromatic heterocycles. The Balaban J connectivity index is 1.82. The first-order chi connectivity index (χ1) is 12.3. The van der Waals surface area contributed by atoms with Gasteiger partial charge in [-0.05, 0) is 47.8 Å². The number of ether oxygens (including phenoxy) is 1. The van der Waals surface area contributed by atoms with Crippen molar-refractivity contribution >= 4 is 27.8 Å². The topological polar surface area (TPSA) is 9.23 Å². The fraction of sp³-hybridized carbons (Fsp3) is 0.182. The van der Waals surface area contributed by atoms with Gasteiger partial charge in [-0.25, -0.2) is 0 Å². The van der Waals surface area contributed by atoms with Gasteiger partial charge in [0.15, 0.2) is 0 Å². The summed E-state index contributed by atoms with van der Waals surface area (Å²) in [7, 11) is 1.57. The van der Waals surface area contributed by atoms with E-state index >= 15 is 0 Å². The molecule has 0 radical (unpaired) electrons. The lowest BCUT2D eigenvalue weighted by molar-refractivity contribution is 0.309. The molecule has 128 valence electrons. The molecule has 0 aliphatic heterocycles. The van der Waals surface area contributed by atoms with Crippen molar-refractivity contribution in [3.63, 3.8) is 0 Å². The van der Waals surface area contributed by atoms with Gasteiger partial charge in [-0.3, -0.25) is 0 Å². The van der Waals surface area contributed by atoms with Crippen LogP contribution in [-0.2, 0) is 12.8 Å². The maximum Gasteiger partial charge on any atom is 0.127 e. The smallest absolute Gasteiger partial charge is 0.127 e.